The maximum atomic E-state index is 13.1. The van der Waals surface area contributed by atoms with Crippen LogP contribution in [0.2, 0.25) is 0 Å². The summed E-state index contributed by atoms with van der Waals surface area (Å²) in [7, 11) is 1.22. The molecule has 0 bridgehead atoms. The van der Waals surface area contributed by atoms with Crippen molar-refractivity contribution in [2.45, 2.75) is 12.8 Å². The molecule has 15 heavy (non-hydrogen) atoms. The molecule has 0 saturated heterocycles. The van der Waals surface area contributed by atoms with Gasteiger partial charge in [0.2, 0.25) is 5.82 Å². The number of carbonyl (C=O) groups excluding carboxylic acids is 1. The lowest BCUT2D eigenvalue weighted by atomic mass is 10.1. The van der Waals surface area contributed by atoms with E-state index in [9.17, 15) is 13.6 Å². The van der Waals surface area contributed by atoms with Crippen LogP contribution in [0.5, 0.6) is 5.75 Å². The van der Waals surface area contributed by atoms with Crippen molar-refractivity contribution in [3.05, 3.63) is 29.3 Å². The van der Waals surface area contributed by atoms with Crippen LogP contribution in [0.4, 0.5) is 8.78 Å². The zero-order chi connectivity index (χ0) is 11.4. The number of methoxy groups -OCH3 is 1. The third-order valence-electron chi connectivity index (χ3n) is 1.97. The molecule has 5 heteroatoms. The maximum Gasteiger partial charge on any atom is 0.305 e. The van der Waals surface area contributed by atoms with E-state index in [-0.39, 0.29) is 18.4 Å². The second kappa shape index (κ2) is 4.72. The molecule has 0 atom stereocenters. The van der Waals surface area contributed by atoms with Gasteiger partial charge in [0.15, 0.2) is 11.6 Å². The summed E-state index contributed by atoms with van der Waals surface area (Å²) < 4.78 is 30.3. The molecule has 0 saturated carbocycles. The standard InChI is InChI=1S/C10H10F2O3/c1-15-8(14)5-3-6-2-4-7(13)10(12)9(6)11/h2,4,13H,3,5H2,1H3. The van der Waals surface area contributed by atoms with Gasteiger partial charge in [0.05, 0.1) is 7.11 Å². The average molecular weight is 216 g/mol. The number of halogens is 2. The van der Waals surface area contributed by atoms with Gasteiger partial charge in [0, 0.05) is 6.42 Å². The third kappa shape index (κ3) is 2.65. The highest BCUT2D eigenvalue weighted by Gasteiger charge is 2.13. The first-order valence-corrected chi connectivity index (χ1v) is 4.29. The van der Waals surface area contributed by atoms with Crippen LogP contribution in [0.1, 0.15) is 12.0 Å². The molecule has 0 aliphatic heterocycles. The summed E-state index contributed by atoms with van der Waals surface area (Å²) in [6, 6.07) is 2.28. The van der Waals surface area contributed by atoms with Crippen molar-refractivity contribution < 1.29 is 23.4 Å². The summed E-state index contributed by atoms with van der Waals surface area (Å²) in [6.45, 7) is 0. The molecule has 0 heterocycles. The Morgan fingerprint density at radius 1 is 1.40 bits per heavy atom. The summed E-state index contributed by atoms with van der Waals surface area (Å²) in [5, 5.41) is 8.84. The van der Waals surface area contributed by atoms with Gasteiger partial charge in [0.1, 0.15) is 0 Å². The van der Waals surface area contributed by atoms with E-state index in [2.05, 4.69) is 4.74 Å². The number of hydrogen-bond donors (Lipinski definition) is 1. The van der Waals surface area contributed by atoms with Gasteiger partial charge in [-0.2, -0.15) is 4.39 Å². The summed E-state index contributed by atoms with van der Waals surface area (Å²) in [4.78, 5) is 10.8. The van der Waals surface area contributed by atoms with Crippen LogP contribution in [0, 0.1) is 11.6 Å². The van der Waals surface area contributed by atoms with Gasteiger partial charge in [0.25, 0.3) is 0 Å². The third-order valence-corrected chi connectivity index (χ3v) is 1.97. The number of phenols is 1. The number of esters is 1. The highest BCUT2D eigenvalue weighted by molar-refractivity contribution is 5.69. The molecule has 1 rings (SSSR count). The molecule has 0 fully saturated rings. The van der Waals surface area contributed by atoms with Gasteiger partial charge in [-0.1, -0.05) is 6.07 Å². The minimum Gasteiger partial charge on any atom is -0.505 e. The molecule has 0 aliphatic rings. The number of ether oxygens (including phenoxy) is 1. The molecule has 1 N–H and O–H groups in total. The molecule has 82 valence electrons. The van der Waals surface area contributed by atoms with Crippen LogP contribution in [0.15, 0.2) is 12.1 Å². The Morgan fingerprint density at radius 3 is 2.67 bits per heavy atom. The summed E-state index contributed by atoms with van der Waals surface area (Å²) in [6.07, 6.45) is 0.00728. The van der Waals surface area contributed by atoms with E-state index in [1.54, 1.807) is 0 Å². The van der Waals surface area contributed by atoms with E-state index in [1.165, 1.54) is 13.2 Å². The van der Waals surface area contributed by atoms with Crippen molar-refractivity contribution in [1.82, 2.24) is 0 Å². The van der Waals surface area contributed by atoms with Crippen LogP contribution in [-0.4, -0.2) is 18.2 Å². The van der Waals surface area contributed by atoms with E-state index in [0.717, 1.165) is 6.07 Å². The average Bonchev–Trinajstić information content (AvgIpc) is 2.24. The molecule has 0 aromatic heterocycles. The normalized spacial score (nSPS) is 10.1. The monoisotopic (exact) mass is 216 g/mol. The van der Waals surface area contributed by atoms with Gasteiger partial charge < -0.3 is 9.84 Å². The summed E-state index contributed by atoms with van der Waals surface area (Å²) in [5.74, 6) is -3.66. The zero-order valence-electron chi connectivity index (χ0n) is 8.09. The second-order valence-corrected chi connectivity index (χ2v) is 2.95. The summed E-state index contributed by atoms with van der Waals surface area (Å²) >= 11 is 0. The van der Waals surface area contributed by atoms with Crippen LogP contribution in [0.25, 0.3) is 0 Å². The number of aryl methyl sites for hydroxylation is 1. The fourth-order valence-corrected chi connectivity index (χ4v) is 1.11. The fourth-order valence-electron chi connectivity index (χ4n) is 1.11. The van der Waals surface area contributed by atoms with Gasteiger partial charge in [-0.25, -0.2) is 4.39 Å². The van der Waals surface area contributed by atoms with Crippen LogP contribution in [0.3, 0.4) is 0 Å². The molecule has 0 amide bonds. The van der Waals surface area contributed by atoms with Gasteiger partial charge in [-0.3, -0.25) is 4.79 Å². The number of hydrogen-bond acceptors (Lipinski definition) is 3. The van der Waals surface area contributed by atoms with E-state index in [1.807, 2.05) is 0 Å². The molecule has 0 aliphatic carbocycles. The lowest BCUT2D eigenvalue weighted by molar-refractivity contribution is -0.140. The van der Waals surface area contributed by atoms with Crippen LogP contribution >= 0.6 is 0 Å². The lowest BCUT2D eigenvalue weighted by Crippen LogP contribution is -2.03. The molecule has 0 radical (unpaired) electrons. The Morgan fingerprint density at radius 2 is 2.07 bits per heavy atom. The quantitative estimate of drug-likeness (QED) is 0.783. The first kappa shape index (κ1) is 11.4. The van der Waals surface area contributed by atoms with Crippen LogP contribution < -0.4 is 0 Å². The van der Waals surface area contributed by atoms with Crippen LogP contribution in [-0.2, 0) is 16.0 Å². The van der Waals surface area contributed by atoms with E-state index in [0.29, 0.717) is 0 Å². The number of phenolic OH excluding ortho intramolecular Hbond substituents is 1. The molecule has 3 nitrogen and oxygen atoms in total. The highest BCUT2D eigenvalue weighted by Crippen LogP contribution is 2.22. The maximum absolute atomic E-state index is 13.1. The molecule has 0 unspecified atom stereocenters. The fraction of sp³-hybridized carbons (Fsp3) is 0.300. The van der Waals surface area contributed by atoms with Gasteiger partial charge >= 0.3 is 5.97 Å². The highest BCUT2D eigenvalue weighted by atomic mass is 19.2. The Hall–Kier alpha value is -1.65. The Labute approximate surface area is 85.3 Å². The van der Waals surface area contributed by atoms with Crippen molar-refractivity contribution in [3.8, 4) is 5.75 Å². The van der Waals surface area contributed by atoms with Crippen molar-refractivity contribution >= 4 is 5.97 Å². The largest absolute Gasteiger partial charge is 0.505 e. The number of rotatable bonds is 3. The SMILES string of the molecule is COC(=O)CCc1ccc(O)c(F)c1F. The predicted octanol–water partition coefficient (Wildman–Crippen LogP) is 1.78. The Kier molecular flexibility index (Phi) is 3.60. The second-order valence-electron chi connectivity index (χ2n) is 2.95. The molecular formula is C10H10F2O3. The minimum absolute atomic E-state index is 0.0301. The first-order chi connectivity index (χ1) is 7.06. The van der Waals surface area contributed by atoms with E-state index in [4.69, 9.17) is 5.11 Å². The first-order valence-electron chi connectivity index (χ1n) is 4.29. The predicted molar refractivity (Wildman–Crippen MR) is 48.4 cm³/mol. The zero-order valence-corrected chi connectivity index (χ0v) is 8.09. The number of carbonyl (C=O) groups is 1. The van der Waals surface area contributed by atoms with Crippen molar-refractivity contribution in [2.75, 3.05) is 7.11 Å². The van der Waals surface area contributed by atoms with Gasteiger partial charge in [-0.15, -0.1) is 0 Å². The van der Waals surface area contributed by atoms with E-state index < -0.39 is 23.4 Å². The Balaban J connectivity index is 2.78. The topological polar surface area (TPSA) is 46.5 Å². The van der Waals surface area contributed by atoms with Crippen molar-refractivity contribution in [3.63, 3.8) is 0 Å². The smallest absolute Gasteiger partial charge is 0.305 e. The molecule has 1 aromatic rings. The number of aromatic hydroxyl groups is 1. The molecule has 1 aromatic carbocycles. The molecular weight excluding hydrogens is 206 g/mol. The molecule has 0 spiro atoms. The lowest BCUT2D eigenvalue weighted by Gasteiger charge is -2.04. The van der Waals surface area contributed by atoms with Crippen molar-refractivity contribution in [2.24, 2.45) is 0 Å². The van der Waals surface area contributed by atoms with E-state index >= 15 is 0 Å². The minimum atomic E-state index is -1.29. The number of benzene rings is 1. The van der Waals surface area contributed by atoms with Crippen molar-refractivity contribution in [1.29, 1.82) is 0 Å². The summed E-state index contributed by atoms with van der Waals surface area (Å²) in [5.41, 5.74) is 0.0377. The Bertz CT molecular complexity index is 377. The van der Waals surface area contributed by atoms with Gasteiger partial charge in [-0.05, 0) is 18.1 Å².